The maximum Gasteiger partial charge on any atom is 0.246 e. The third kappa shape index (κ3) is 1.77. The molecule has 2 atom stereocenters. The van der Waals surface area contributed by atoms with Crippen LogP contribution in [0.4, 0.5) is 4.39 Å². The van der Waals surface area contributed by atoms with Gasteiger partial charge in [-0.15, -0.1) is 0 Å². The standard InChI is InChI=1S/C13H16FNO2S/c14-12-6-1-2-7-13(12)18(16,17)15-10-4-3-5-11(15)9-8-10/h1-2,6-7,10-11H,3-5,8-9H2. The van der Waals surface area contributed by atoms with Gasteiger partial charge in [0.2, 0.25) is 10.0 Å². The van der Waals surface area contributed by atoms with Gasteiger partial charge in [0, 0.05) is 12.1 Å². The normalized spacial score (nSPS) is 28.5. The zero-order chi connectivity index (χ0) is 12.8. The quantitative estimate of drug-likeness (QED) is 0.827. The summed E-state index contributed by atoms with van der Waals surface area (Å²) in [6, 6.07) is 5.81. The maximum atomic E-state index is 13.7. The zero-order valence-corrected chi connectivity index (χ0v) is 10.9. The van der Waals surface area contributed by atoms with Crippen LogP contribution in [0.25, 0.3) is 0 Å². The second-order valence-electron chi connectivity index (χ2n) is 5.08. The lowest BCUT2D eigenvalue weighted by molar-refractivity contribution is 0.247. The average Bonchev–Trinajstić information content (AvgIpc) is 2.62. The summed E-state index contributed by atoms with van der Waals surface area (Å²) in [6.07, 6.45) is 4.73. The Bertz CT molecular complexity index is 542. The predicted octanol–water partition coefficient (Wildman–Crippen LogP) is 2.53. The molecule has 0 N–H and O–H groups in total. The SMILES string of the molecule is O=S(=O)(c1ccccc1F)N1C2CCCC1CC2. The largest absolute Gasteiger partial charge is 0.246 e. The summed E-state index contributed by atoms with van der Waals surface area (Å²) in [5.41, 5.74) is 0. The number of hydrogen-bond acceptors (Lipinski definition) is 2. The Morgan fingerprint density at radius 1 is 1.06 bits per heavy atom. The minimum Gasteiger partial charge on any atom is -0.207 e. The molecule has 98 valence electrons. The van der Waals surface area contributed by atoms with Gasteiger partial charge in [-0.1, -0.05) is 18.6 Å². The summed E-state index contributed by atoms with van der Waals surface area (Å²) < 4.78 is 40.4. The van der Waals surface area contributed by atoms with Crippen LogP contribution in [0, 0.1) is 5.82 Å². The summed E-state index contributed by atoms with van der Waals surface area (Å²) in [4.78, 5) is -0.177. The van der Waals surface area contributed by atoms with Crippen LogP contribution in [0.3, 0.4) is 0 Å². The lowest BCUT2D eigenvalue weighted by Crippen LogP contribution is -2.44. The van der Waals surface area contributed by atoms with Crippen molar-refractivity contribution in [2.75, 3.05) is 0 Å². The lowest BCUT2D eigenvalue weighted by Gasteiger charge is -2.33. The van der Waals surface area contributed by atoms with Crippen LogP contribution in [0.15, 0.2) is 29.2 Å². The number of fused-ring (bicyclic) bond motifs is 2. The van der Waals surface area contributed by atoms with E-state index in [1.54, 1.807) is 10.4 Å². The molecular weight excluding hydrogens is 253 g/mol. The molecule has 0 radical (unpaired) electrons. The molecule has 1 aromatic carbocycles. The third-order valence-electron chi connectivity index (χ3n) is 4.02. The van der Waals surface area contributed by atoms with E-state index < -0.39 is 15.8 Å². The van der Waals surface area contributed by atoms with E-state index in [0.717, 1.165) is 32.1 Å². The molecule has 3 nitrogen and oxygen atoms in total. The second-order valence-corrected chi connectivity index (χ2v) is 6.89. The van der Waals surface area contributed by atoms with Crippen molar-refractivity contribution in [2.24, 2.45) is 0 Å². The molecule has 0 saturated carbocycles. The Morgan fingerprint density at radius 2 is 1.67 bits per heavy atom. The molecule has 1 aromatic rings. The molecule has 18 heavy (non-hydrogen) atoms. The van der Waals surface area contributed by atoms with E-state index in [1.807, 2.05) is 0 Å². The first kappa shape index (κ1) is 12.1. The molecule has 2 saturated heterocycles. The molecule has 5 heteroatoms. The summed E-state index contributed by atoms with van der Waals surface area (Å²) in [5.74, 6) is -0.650. The highest BCUT2D eigenvalue weighted by molar-refractivity contribution is 7.89. The van der Waals surface area contributed by atoms with Crippen LogP contribution in [-0.4, -0.2) is 24.8 Å². The minimum absolute atomic E-state index is 0.0772. The summed E-state index contributed by atoms with van der Waals surface area (Å²) in [6.45, 7) is 0. The fourth-order valence-electron chi connectivity index (χ4n) is 3.23. The van der Waals surface area contributed by atoms with Crippen molar-refractivity contribution in [3.8, 4) is 0 Å². The van der Waals surface area contributed by atoms with Gasteiger partial charge in [0.15, 0.2) is 0 Å². The Labute approximate surface area is 107 Å². The van der Waals surface area contributed by atoms with Crippen molar-refractivity contribution in [1.29, 1.82) is 0 Å². The Kier molecular flexibility index (Phi) is 2.90. The van der Waals surface area contributed by atoms with Gasteiger partial charge >= 0.3 is 0 Å². The van der Waals surface area contributed by atoms with E-state index in [-0.39, 0.29) is 17.0 Å². The molecule has 0 aliphatic carbocycles. The minimum atomic E-state index is -3.67. The van der Waals surface area contributed by atoms with Crippen molar-refractivity contribution in [2.45, 2.75) is 49.1 Å². The molecule has 2 aliphatic rings. The van der Waals surface area contributed by atoms with E-state index in [2.05, 4.69) is 0 Å². The summed E-state index contributed by atoms with van der Waals surface area (Å²) in [7, 11) is -3.67. The number of hydrogen-bond donors (Lipinski definition) is 0. The van der Waals surface area contributed by atoms with Crippen LogP contribution < -0.4 is 0 Å². The number of benzene rings is 1. The Balaban J connectivity index is 2.03. The second kappa shape index (κ2) is 4.31. The number of nitrogens with zero attached hydrogens (tertiary/aromatic N) is 1. The van der Waals surface area contributed by atoms with Crippen molar-refractivity contribution in [3.63, 3.8) is 0 Å². The highest BCUT2D eigenvalue weighted by atomic mass is 32.2. The van der Waals surface area contributed by atoms with Crippen molar-refractivity contribution < 1.29 is 12.8 Å². The molecule has 0 amide bonds. The van der Waals surface area contributed by atoms with Gasteiger partial charge in [0.25, 0.3) is 0 Å². The van der Waals surface area contributed by atoms with Crippen LogP contribution in [0.2, 0.25) is 0 Å². The van der Waals surface area contributed by atoms with Crippen LogP contribution in [0.1, 0.15) is 32.1 Å². The maximum absolute atomic E-state index is 13.7. The highest BCUT2D eigenvalue weighted by Crippen LogP contribution is 2.39. The Hall–Kier alpha value is -0.940. The third-order valence-corrected chi connectivity index (χ3v) is 6.06. The topological polar surface area (TPSA) is 37.4 Å². The Morgan fingerprint density at radius 3 is 2.28 bits per heavy atom. The van der Waals surface area contributed by atoms with Gasteiger partial charge in [0.05, 0.1) is 0 Å². The molecule has 2 fully saturated rings. The van der Waals surface area contributed by atoms with E-state index in [1.165, 1.54) is 18.2 Å². The van der Waals surface area contributed by atoms with E-state index in [0.29, 0.717) is 0 Å². The molecular formula is C13H16FNO2S. The number of halogens is 1. The van der Waals surface area contributed by atoms with Crippen molar-refractivity contribution in [1.82, 2.24) is 4.31 Å². The first-order valence-corrected chi connectivity index (χ1v) is 7.83. The summed E-state index contributed by atoms with van der Waals surface area (Å²) in [5, 5.41) is 0. The van der Waals surface area contributed by atoms with Gasteiger partial charge in [-0.2, -0.15) is 4.31 Å². The summed E-state index contributed by atoms with van der Waals surface area (Å²) >= 11 is 0. The molecule has 2 bridgehead atoms. The zero-order valence-electron chi connectivity index (χ0n) is 10.0. The number of piperidine rings is 1. The average molecular weight is 269 g/mol. The van der Waals surface area contributed by atoms with E-state index in [4.69, 9.17) is 0 Å². The number of rotatable bonds is 2. The van der Waals surface area contributed by atoms with E-state index in [9.17, 15) is 12.8 Å². The smallest absolute Gasteiger partial charge is 0.207 e. The molecule has 2 heterocycles. The monoisotopic (exact) mass is 269 g/mol. The number of sulfonamides is 1. The van der Waals surface area contributed by atoms with Crippen molar-refractivity contribution in [3.05, 3.63) is 30.1 Å². The van der Waals surface area contributed by atoms with Gasteiger partial charge in [-0.05, 0) is 37.8 Å². The molecule has 0 spiro atoms. The van der Waals surface area contributed by atoms with E-state index >= 15 is 0 Å². The first-order chi connectivity index (χ1) is 8.60. The molecule has 0 aromatic heterocycles. The highest BCUT2D eigenvalue weighted by Gasteiger charge is 2.44. The fraction of sp³-hybridized carbons (Fsp3) is 0.538. The van der Waals surface area contributed by atoms with Gasteiger partial charge in [-0.3, -0.25) is 0 Å². The van der Waals surface area contributed by atoms with Gasteiger partial charge in [0.1, 0.15) is 10.7 Å². The molecule has 3 rings (SSSR count). The van der Waals surface area contributed by atoms with Crippen LogP contribution in [0.5, 0.6) is 0 Å². The molecule has 2 aliphatic heterocycles. The fourth-order valence-corrected chi connectivity index (χ4v) is 5.23. The first-order valence-electron chi connectivity index (χ1n) is 6.39. The predicted molar refractivity (Wildman–Crippen MR) is 66.1 cm³/mol. The van der Waals surface area contributed by atoms with Crippen LogP contribution in [-0.2, 0) is 10.0 Å². The van der Waals surface area contributed by atoms with Gasteiger partial charge < -0.3 is 0 Å². The molecule has 2 unspecified atom stereocenters. The van der Waals surface area contributed by atoms with Crippen LogP contribution >= 0.6 is 0 Å². The van der Waals surface area contributed by atoms with Gasteiger partial charge in [-0.25, -0.2) is 12.8 Å². The van der Waals surface area contributed by atoms with Crippen molar-refractivity contribution >= 4 is 10.0 Å². The lowest BCUT2D eigenvalue weighted by atomic mass is 10.1.